The standard InChI is InChI=1S/C18H17Cl2N5/c1-25(12-8-13-5-9-21-10-6-13)16-7-11-22-18(23-16)24-17-14(19)3-2-4-15(17)20/h2-7,9-11H,8,12H2,1H3,(H,22,23,24). The van der Waals surface area contributed by atoms with Crippen LogP contribution in [-0.4, -0.2) is 28.5 Å². The lowest BCUT2D eigenvalue weighted by atomic mass is 10.2. The predicted octanol–water partition coefficient (Wildman–Crippen LogP) is 4.60. The van der Waals surface area contributed by atoms with Crippen molar-refractivity contribution >= 4 is 40.7 Å². The van der Waals surface area contributed by atoms with Crippen LogP contribution in [0.15, 0.2) is 55.0 Å². The van der Waals surface area contributed by atoms with E-state index in [0.717, 1.165) is 18.8 Å². The first-order chi connectivity index (χ1) is 12.1. The number of hydrogen-bond donors (Lipinski definition) is 1. The van der Waals surface area contributed by atoms with Crippen molar-refractivity contribution in [3.8, 4) is 0 Å². The van der Waals surface area contributed by atoms with Crippen LogP contribution < -0.4 is 10.2 Å². The molecule has 0 saturated carbocycles. The fourth-order valence-corrected chi connectivity index (χ4v) is 2.80. The molecule has 1 aromatic carbocycles. The zero-order valence-corrected chi connectivity index (χ0v) is 15.2. The Morgan fingerprint density at radius 3 is 2.44 bits per heavy atom. The molecule has 0 saturated heterocycles. The van der Waals surface area contributed by atoms with Crippen molar-refractivity contribution in [3.63, 3.8) is 0 Å². The molecule has 2 aromatic heterocycles. The van der Waals surface area contributed by atoms with E-state index in [1.165, 1.54) is 5.56 Å². The topological polar surface area (TPSA) is 53.9 Å². The van der Waals surface area contributed by atoms with Gasteiger partial charge in [0, 0.05) is 32.2 Å². The molecule has 0 unspecified atom stereocenters. The first kappa shape index (κ1) is 17.5. The van der Waals surface area contributed by atoms with Crippen molar-refractivity contribution in [2.24, 2.45) is 0 Å². The van der Waals surface area contributed by atoms with Crippen LogP contribution in [0.4, 0.5) is 17.5 Å². The van der Waals surface area contributed by atoms with Gasteiger partial charge in [-0.25, -0.2) is 4.98 Å². The number of hydrogen-bond acceptors (Lipinski definition) is 5. The van der Waals surface area contributed by atoms with E-state index in [1.807, 2.05) is 25.2 Å². The molecule has 7 heteroatoms. The van der Waals surface area contributed by atoms with E-state index in [1.54, 1.807) is 36.8 Å². The highest BCUT2D eigenvalue weighted by Crippen LogP contribution is 2.31. The second-order valence-electron chi connectivity index (χ2n) is 5.49. The molecule has 0 aliphatic heterocycles. The van der Waals surface area contributed by atoms with Crippen LogP contribution in [-0.2, 0) is 6.42 Å². The van der Waals surface area contributed by atoms with Gasteiger partial charge in [-0.2, -0.15) is 4.98 Å². The lowest BCUT2D eigenvalue weighted by Gasteiger charge is -2.19. The highest BCUT2D eigenvalue weighted by atomic mass is 35.5. The number of nitrogens with one attached hydrogen (secondary N) is 1. The van der Waals surface area contributed by atoms with Gasteiger partial charge < -0.3 is 10.2 Å². The van der Waals surface area contributed by atoms with E-state index in [9.17, 15) is 0 Å². The Hall–Kier alpha value is -2.37. The zero-order valence-electron chi connectivity index (χ0n) is 13.7. The van der Waals surface area contributed by atoms with Gasteiger partial charge in [-0.15, -0.1) is 0 Å². The minimum atomic E-state index is 0.447. The molecule has 128 valence electrons. The van der Waals surface area contributed by atoms with Crippen LogP contribution in [0, 0.1) is 0 Å². The molecule has 0 aliphatic rings. The van der Waals surface area contributed by atoms with Gasteiger partial charge in [0.25, 0.3) is 0 Å². The third-order valence-corrected chi connectivity index (χ3v) is 4.35. The van der Waals surface area contributed by atoms with Gasteiger partial charge >= 0.3 is 0 Å². The maximum absolute atomic E-state index is 6.18. The average molecular weight is 374 g/mol. The van der Waals surface area contributed by atoms with Gasteiger partial charge in [-0.1, -0.05) is 29.3 Å². The molecule has 0 atom stereocenters. The molecule has 0 radical (unpaired) electrons. The summed E-state index contributed by atoms with van der Waals surface area (Å²) in [6.45, 7) is 0.827. The summed E-state index contributed by atoms with van der Waals surface area (Å²) in [5.41, 5.74) is 1.83. The number of rotatable bonds is 6. The summed E-state index contributed by atoms with van der Waals surface area (Å²) in [7, 11) is 2.00. The number of anilines is 3. The first-order valence-electron chi connectivity index (χ1n) is 7.77. The van der Waals surface area contributed by atoms with E-state index in [4.69, 9.17) is 23.2 Å². The third-order valence-electron chi connectivity index (χ3n) is 3.72. The molecular formula is C18H17Cl2N5. The summed E-state index contributed by atoms with van der Waals surface area (Å²) in [6, 6.07) is 11.2. The van der Waals surface area contributed by atoms with Gasteiger partial charge in [0.05, 0.1) is 15.7 Å². The smallest absolute Gasteiger partial charge is 0.229 e. The Kier molecular flexibility index (Phi) is 5.68. The minimum absolute atomic E-state index is 0.447. The Morgan fingerprint density at radius 2 is 1.72 bits per heavy atom. The van der Waals surface area contributed by atoms with Crippen LogP contribution in [0.3, 0.4) is 0 Å². The van der Waals surface area contributed by atoms with Crippen molar-refractivity contribution in [1.29, 1.82) is 0 Å². The van der Waals surface area contributed by atoms with E-state index in [-0.39, 0.29) is 0 Å². The highest BCUT2D eigenvalue weighted by Gasteiger charge is 2.09. The number of para-hydroxylation sites is 1. The minimum Gasteiger partial charge on any atom is -0.359 e. The summed E-state index contributed by atoms with van der Waals surface area (Å²) < 4.78 is 0. The van der Waals surface area contributed by atoms with E-state index >= 15 is 0 Å². The average Bonchev–Trinajstić information content (AvgIpc) is 2.64. The Bertz CT molecular complexity index is 822. The summed E-state index contributed by atoms with van der Waals surface area (Å²) >= 11 is 12.4. The Morgan fingerprint density at radius 1 is 1.00 bits per heavy atom. The van der Waals surface area contributed by atoms with Crippen LogP contribution in [0.1, 0.15) is 5.56 Å². The van der Waals surface area contributed by atoms with Crippen molar-refractivity contribution < 1.29 is 0 Å². The Labute approximate surface area is 156 Å². The Balaban J connectivity index is 1.70. The maximum atomic E-state index is 6.18. The maximum Gasteiger partial charge on any atom is 0.229 e. The fourth-order valence-electron chi connectivity index (χ4n) is 2.31. The molecular weight excluding hydrogens is 357 g/mol. The quantitative estimate of drug-likeness (QED) is 0.683. The lowest BCUT2D eigenvalue weighted by Crippen LogP contribution is -2.21. The molecule has 0 spiro atoms. The molecule has 5 nitrogen and oxygen atoms in total. The SMILES string of the molecule is CN(CCc1ccncc1)c1ccnc(Nc2c(Cl)cccc2Cl)n1. The molecule has 25 heavy (non-hydrogen) atoms. The molecule has 0 fully saturated rings. The highest BCUT2D eigenvalue weighted by molar-refractivity contribution is 6.39. The van der Waals surface area contributed by atoms with E-state index < -0.39 is 0 Å². The largest absolute Gasteiger partial charge is 0.359 e. The van der Waals surface area contributed by atoms with Gasteiger partial charge in [0.2, 0.25) is 5.95 Å². The molecule has 0 bridgehead atoms. The molecule has 1 N–H and O–H groups in total. The number of pyridine rings is 1. The van der Waals surface area contributed by atoms with E-state index in [2.05, 4.69) is 25.2 Å². The number of benzene rings is 1. The molecule has 3 rings (SSSR count). The van der Waals surface area contributed by atoms with E-state index in [0.29, 0.717) is 21.7 Å². The summed E-state index contributed by atoms with van der Waals surface area (Å²) in [4.78, 5) is 14.9. The predicted molar refractivity (Wildman–Crippen MR) is 103 cm³/mol. The van der Waals surface area contributed by atoms with Gasteiger partial charge in [0.15, 0.2) is 0 Å². The second kappa shape index (κ2) is 8.14. The van der Waals surface area contributed by atoms with Gasteiger partial charge in [-0.3, -0.25) is 4.98 Å². The van der Waals surface area contributed by atoms with Crippen LogP contribution in [0.5, 0.6) is 0 Å². The number of likely N-dealkylation sites (N-methyl/N-ethyl adjacent to an activating group) is 1. The van der Waals surface area contributed by atoms with Crippen LogP contribution >= 0.6 is 23.2 Å². The van der Waals surface area contributed by atoms with Gasteiger partial charge in [-0.05, 0) is 42.3 Å². The van der Waals surface area contributed by atoms with Crippen LogP contribution in [0.25, 0.3) is 0 Å². The molecule has 0 amide bonds. The summed E-state index contributed by atoms with van der Waals surface area (Å²) in [5, 5.41) is 4.13. The third kappa shape index (κ3) is 4.59. The summed E-state index contributed by atoms with van der Waals surface area (Å²) in [5.74, 6) is 1.26. The number of halogens is 2. The van der Waals surface area contributed by atoms with Gasteiger partial charge in [0.1, 0.15) is 5.82 Å². The molecule has 3 aromatic rings. The second-order valence-corrected chi connectivity index (χ2v) is 6.30. The number of nitrogens with zero attached hydrogens (tertiary/aromatic N) is 4. The van der Waals surface area contributed by atoms with Crippen LogP contribution in [0.2, 0.25) is 10.0 Å². The molecule has 0 aliphatic carbocycles. The van der Waals surface area contributed by atoms with Crippen molar-refractivity contribution in [2.45, 2.75) is 6.42 Å². The first-order valence-corrected chi connectivity index (χ1v) is 8.53. The van der Waals surface area contributed by atoms with Crippen molar-refractivity contribution in [3.05, 3.63) is 70.6 Å². The fraction of sp³-hybridized carbons (Fsp3) is 0.167. The number of aromatic nitrogens is 3. The van der Waals surface area contributed by atoms with Crippen molar-refractivity contribution in [2.75, 3.05) is 23.8 Å². The summed E-state index contributed by atoms with van der Waals surface area (Å²) in [6.07, 6.45) is 6.21. The normalized spacial score (nSPS) is 10.5. The zero-order chi connectivity index (χ0) is 17.6. The van der Waals surface area contributed by atoms with Crippen molar-refractivity contribution in [1.82, 2.24) is 15.0 Å². The lowest BCUT2D eigenvalue weighted by molar-refractivity contribution is 0.855. The molecule has 2 heterocycles. The monoisotopic (exact) mass is 373 g/mol.